The van der Waals surface area contributed by atoms with Gasteiger partial charge in [0.05, 0.1) is 5.69 Å². The molecule has 2 aromatic rings. The number of aliphatic hydroxyl groups excluding tert-OH is 1. The third kappa shape index (κ3) is 4.88. The zero-order chi connectivity index (χ0) is 20.1. The molecule has 1 amide bonds. The average molecular weight is 383 g/mol. The number of pyridine rings is 1. The van der Waals surface area contributed by atoms with Gasteiger partial charge in [-0.2, -0.15) is 0 Å². The van der Waals surface area contributed by atoms with Crippen LogP contribution >= 0.6 is 0 Å². The Kier molecular flexibility index (Phi) is 6.65. The Morgan fingerprint density at radius 1 is 1.21 bits per heavy atom. The smallest absolute Gasteiger partial charge is 0.253 e. The highest BCUT2D eigenvalue weighted by atomic mass is 16.3. The predicted octanol–water partition coefficient (Wildman–Crippen LogP) is 2.50. The summed E-state index contributed by atoms with van der Waals surface area (Å²) in [6.45, 7) is 7.75. The number of amides is 1. The molecule has 28 heavy (non-hydrogen) atoms. The number of aliphatic hydroxyl groups is 1. The van der Waals surface area contributed by atoms with Gasteiger partial charge in [0, 0.05) is 50.0 Å². The van der Waals surface area contributed by atoms with E-state index in [4.69, 9.17) is 5.73 Å². The van der Waals surface area contributed by atoms with E-state index in [0.717, 1.165) is 24.3 Å². The van der Waals surface area contributed by atoms with Crippen LogP contribution < -0.4 is 5.73 Å². The van der Waals surface area contributed by atoms with Crippen molar-refractivity contribution in [1.29, 1.82) is 0 Å². The van der Waals surface area contributed by atoms with E-state index in [2.05, 4.69) is 23.7 Å². The van der Waals surface area contributed by atoms with E-state index < -0.39 is 0 Å². The van der Waals surface area contributed by atoms with Crippen molar-refractivity contribution < 1.29 is 9.90 Å². The number of benzene rings is 1. The predicted molar refractivity (Wildman–Crippen MR) is 112 cm³/mol. The van der Waals surface area contributed by atoms with Gasteiger partial charge in [-0.3, -0.25) is 9.69 Å². The number of rotatable bonds is 6. The lowest BCUT2D eigenvalue weighted by molar-refractivity contribution is 0.0384. The summed E-state index contributed by atoms with van der Waals surface area (Å²) < 4.78 is 0. The quantitative estimate of drug-likeness (QED) is 0.802. The summed E-state index contributed by atoms with van der Waals surface area (Å²) in [6, 6.07) is 13.3. The molecule has 1 aliphatic heterocycles. The van der Waals surface area contributed by atoms with Crippen LogP contribution in [0.5, 0.6) is 0 Å². The molecule has 1 unspecified atom stereocenters. The van der Waals surface area contributed by atoms with Crippen LogP contribution in [-0.4, -0.2) is 64.6 Å². The molecule has 0 aliphatic carbocycles. The first-order valence-electron chi connectivity index (χ1n) is 9.95. The zero-order valence-corrected chi connectivity index (χ0v) is 16.7. The van der Waals surface area contributed by atoms with E-state index in [0.29, 0.717) is 36.8 Å². The third-order valence-electron chi connectivity index (χ3n) is 5.15. The first-order chi connectivity index (χ1) is 13.5. The summed E-state index contributed by atoms with van der Waals surface area (Å²) in [7, 11) is 0. The molecular weight excluding hydrogens is 352 g/mol. The Bertz CT molecular complexity index is 791. The average Bonchev–Trinajstić information content (AvgIpc) is 2.69. The van der Waals surface area contributed by atoms with Crippen LogP contribution in [-0.2, 0) is 0 Å². The molecule has 1 saturated heterocycles. The highest BCUT2D eigenvalue weighted by Gasteiger charge is 2.29. The maximum atomic E-state index is 13.0. The van der Waals surface area contributed by atoms with Gasteiger partial charge in [0.2, 0.25) is 0 Å². The molecule has 1 aromatic carbocycles. The van der Waals surface area contributed by atoms with Crippen molar-refractivity contribution in [1.82, 2.24) is 14.8 Å². The summed E-state index contributed by atoms with van der Waals surface area (Å²) >= 11 is 0. The van der Waals surface area contributed by atoms with Gasteiger partial charge in [0.1, 0.15) is 5.82 Å². The van der Waals surface area contributed by atoms with Gasteiger partial charge < -0.3 is 15.7 Å². The molecule has 1 aromatic heterocycles. The Morgan fingerprint density at radius 2 is 1.96 bits per heavy atom. The number of hydrogen-bond acceptors (Lipinski definition) is 5. The van der Waals surface area contributed by atoms with Gasteiger partial charge in [0.15, 0.2) is 0 Å². The van der Waals surface area contributed by atoms with Gasteiger partial charge in [-0.1, -0.05) is 32.0 Å². The molecule has 6 heteroatoms. The maximum Gasteiger partial charge on any atom is 0.253 e. The largest absolute Gasteiger partial charge is 0.396 e. The topological polar surface area (TPSA) is 82.7 Å². The molecule has 3 N–H and O–H groups in total. The van der Waals surface area contributed by atoms with Crippen LogP contribution in [0, 0.1) is 5.92 Å². The van der Waals surface area contributed by atoms with Gasteiger partial charge in [-0.05, 0) is 36.6 Å². The molecule has 0 bridgehead atoms. The molecule has 1 fully saturated rings. The van der Waals surface area contributed by atoms with Crippen LogP contribution in [0.1, 0.15) is 30.6 Å². The lowest BCUT2D eigenvalue weighted by Gasteiger charge is -2.42. The fourth-order valence-corrected chi connectivity index (χ4v) is 3.79. The molecule has 0 spiro atoms. The number of aromatic nitrogens is 1. The zero-order valence-electron chi connectivity index (χ0n) is 16.7. The summed E-state index contributed by atoms with van der Waals surface area (Å²) in [5.74, 6) is 1.09. The number of nitrogen functional groups attached to an aromatic ring is 1. The molecule has 0 radical (unpaired) electrons. The molecule has 3 rings (SSSR count). The van der Waals surface area contributed by atoms with Crippen LogP contribution in [0.2, 0.25) is 0 Å². The summed E-state index contributed by atoms with van der Waals surface area (Å²) in [6.07, 6.45) is 0.691. The first kappa shape index (κ1) is 20.3. The van der Waals surface area contributed by atoms with Gasteiger partial charge >= 0.3 is 0 Å². The standard InChI is InChI=1S/C22H30N4O2/c1-16(2)14-25-11-12-26(15-19(25)10-13-27)22(28)18-8-6-17(7-9-18)20-4-3-5-21(23)24-20/h3-9,16,19,27H,10-15H2,1-2H3,(H2,23,24). The van der Waals surface area contributed by atoms with E-state index in [-0.39, 0.29) is 18.6 Å². The number of nitrogens with two attached hydrogens (primary N) is 1. The van der Waals surface area contributed by atoms with E-state index in [1.807, 2.05) is 41.3 Å². The molecule has 1 atom stereocenters. The Morgan fingerprint density at radius 3 is 2.61 bits per heavy atom. The third-order valence-corrected chi connectivity index (χ3v) is 5.15. The second-order valence-corrected chi connectivity index (χ2v) is 7.83. The summed E-state index contributed by atoms with van der Waals surface area (Å²) in [5.41, 5.74) is 8.16. The number of hydrogen-bond donors (Lipinski definition) is 2. The maximum absolute atomic E-state index is 13.0. The minimum atomic E-state index is 0.0409. The van der Waals surface area contributed by atoms with Crippen LogP contribution in [0.25, 0.3) is 11.3 Å². The molecule has 1 aliphatic rings. The van der Waals surface area contributed by atoms with Crippen molar-refractivity contribution in [3.05, 3.63) is 48.0 Å². The number of nitrogens with zero attached hydrogens (tertiary/aromatic N) is 3. The minimum Gasteiger partial charge on any atom is -0.396 e. The number of carbonyl (C=O) groups is 1. The van der Waals surface area contributed by atoms with Crippen molar-refractivity contribution in [2.24, 2.45) is 5.92 Å². The normalized spacial score (nSPS) is 17.9. The van der Waals surface area contributed by atoms with Gasteiger partial charge in [-0.25, -0.2) is 4.98 Å². The van der Waals surface area contributed by atoms with Crippen molar-refractivity contribution in [3.8, 4) is 11.3 Å². The summed E-state index contributed by atoms with van der Waals surface area (Å²) in [4.78, 5) is 21.6. The van der Waals surface area contributed by atoms with Gasteiger partial charge in [-0.15, -0.1) is 0 Å². The van der Waals surface area contributed by atoms with Crippen molar-refractivity contribution in [3.63, 3.8) is 0 Å². The highest BCUT2D eigenvalue weighted by Crippen LogP contribution is 2.21. The van der Waals surface area contributed by atoms with Crippen LogP contribution in [0.3, 0.4) is 0 Å². The van der Waals surface area contributed by atoms with E-state index in [1.165, 1.54) is 0 Å². The monoisotopic (exact) mass is 382 g/mol. The number of piperazine rings is 1. The summed E-state index contributed by atoms with van der Waals surface area (Å²) in [5, 5.41) is 9.43. The fraction of sp³-hybridized carbons (Fsp3) is 0.455. The second-order valence-electron chi connectivity index (χ2n) is 7.83. The fourth-order valence-electron chi connectivity index (χ4n) is 3.79. The SMILES string of the molecule is CC(C)CN1CCN(C(=O)c2ccc(-c3cccc(N)n3)cc2)CC1CCO. The van der Waals surface area contributed by atoms with Gasteiger partial charge in [0.25, 0.3) is 5.91 Å². The van der Waals surface area contributed by atoms with Crippen LogP contribution in [0.15, 0.2) is 42.5 Å². The Hall–Kier alpha value is -2.44. The lowest BCUT2D eigenvalue weighted by atomic mass is 10.0. The first-order valence-corrected chi connectivity index (χ1v) is 9.95. The minimum absolute atomic E-state index is 0.0409. The Balaban J connectivity index is 1.69. The van der Waals surface area contributed by atoms with Crippen LogP contribution in [0.4, 0.5) is 5.82 Å². The molecule has 150 valence electrons. The number of anilines is 1. The van der Waals surface area contributed by atoms with Crippen molar-refractivity contribution in [2.45, 2.75) is 26.3 Å². The van der Waals surface area contributed by atoms with Crippen molar-refractivity contribution in [2.75, 3.05) is 38.5 Å². The molecular formula is C22H30N4O2. The van der Waals surface area contributed by atoms with E-state index in [9.17, 15) is 9.90 Å². The lowest BCUT2D eigenvalue weighted by Crippen LogP contribution is -2.55. The van der Waals surface area contributed by atoms with Crippen molar-refractivity contribution >= 4 is 11.7 Å². The second kappa shape index (κ2) is 9.17. The molecule has 6 nitrogen and oxygen atoms in total. The molecule has 2 heterocycles. The van der Waals surface area contributed by atoms with E-state index in [1.54, 1.807) is 6.07 Å². The number of carbonyl (C=O) groups excluding carboxylic acids is 1. The highest BCUT2D eigenvalue weighted by molar-refractivity contribution is 5.94. The van der Waals surface area contributed by atoms with E-state index >= 15 is 0 Å². The molecule has 0 saturated carbocycles. The Labute approximate surface area is 167 Å².